The van der Waals surface area contributed by atoms with Crippen molar-refractivity contribution in [2.45, 2.75) is 31.5 Å². The number of aromatic nitrogens is 5. The number of hydrogen-bond acceptors (Lipinski definition) is 4. The lowest BCUT2D eigenvalue weighted by molar-refractivity contribution is -0.142. The molecule has 1 fully saturated rings. The zero-order valence-electron chi connectivity index (χ0n) is 13.9. The molecule has 3 aromatic rings. The molecular weight excluding hydrogens is 429 g/mol. The van der Waals surface area contributed by atoms with Crippen molar-refractivity contribution in [3.05, 3.63) is 46.1 Å². The number of carbonyl (C=O) groups is 1. The van der Waals surface area contributed by atoms with Gasteiger partial charge in [0.2, 0.25) is 0 Å². The third-order valence-corrected chi connectivity index (χ3v) is 4.60. The number of halogens is 4. The first-order valence-electron chi connectivity index (χ1n) is 8.25. The van der Waals surface area contributed by atoms with Crippen molar-refractivity contribution in [3.63, 3.8) is 0 Å². The Morgan fingerprint density at radius 2 is 2.11 bits per heavy atom. The van der Waals surface area contributed by atoms with Crippen LogP contribution < -0.4 is 5.32 Å². The van der Waals surface area contributed by atoms with Crippen LogP contribution in [0.5, 0.6) is 0 Å². The van der Waals surface area contributed by atoms with Gasteiger partial charge in [0.1, 0.15) is 5.69 Å². The molecule has 1 aliphatic rings. The molecule has 3 heterocycles. The molecule has 1 amide bonds. The summed E-state index contributed by atoms with van der Waals surface area (Å²) in [5.41, 5.74) is -0.615. The van der Waals surface area contributed by atoms with Crippen molar-refractivity contribution in [1.82, 2.24) is 29.7 Å². The third kappa shape index (κ3) is 3.82. The van der Waals surface area contributed by atoms with E-state index >= 15 is 0 Å². The molecule has 3 aromatic heterocycles. The molecule has 0 spiro atoms. The molecule has 27 heavy (non-hydrogen) atoms. The molecular formula is C16H14BrF3N6O. The summed E-state index contributed by atoms with van der Waals surface area (Å²) in [7, 11) is 0. The summed E-state index contributed by atoms with van der Waals surface area (Å²) in [5, 5.41) is 10.5. The molecule has 1 N–H and O–H groups in total. The highest BCUT2D eigenvalue weighted by atomic mass is 79.9. The standard InChI is InChI=1S/C16H14BrF3N6O/c17-10-7-22-25(8-10)4-3-21-15(27)12-6-14-23-11(9-1-2-9)5-13(16(18,19)20)26(14)24-12/h5-9H,1-4H2,(H,21,27). The van der Waals surface area contributed by atoms with Crippen LogP contribution in [0, 0.1) is 0 Å². The van der Waals surface area contributed by atoms with Crippen molar-refractivity contribution < 1.29 is 18.0 Å². The first kappa shape index (κ1) is 18.0. The molecule has 0 atom stereocenters. The maximum atomic E-state index is 13.4. The summed E-state index contributed by atoms with van der Waals surface area (Å²) in [6.45, 7) is 0.677. The highest BCUT2D eigenvalue weighted by Crippen LogP contribution is 2.41. The Hall–Kier alpha value is -2.43. The Balaban J connectivity index is 1.55. The zero-order valence-corrected chi connectivity index (χ0v) is 15.5. The summed E-state index contributed by atoms with van der Waals surface area (Å²) in [6, 6.07) is 2.30. The summed E-state index contributed by atoms with van der Waals surface area (Å²) >= 11 is 3.27. The zero-order chi connectivity index (χ0) is 19.2. The number of carbonyl (C=O) groups excluding carboxylic acids is 1. The van der Waals surface area contributed by atoms with E-state index in [9.17, 15) is 18.0 Å². The highest BCUT2D eigenvalue weighted by molar-refractivity contribution is 9.10. The van der Waals surface area contributed by atoms with E-state index in [0.29, 0.717) is 16.8 Å². The Bertz CT molecular complexity index is 1010. The van der Waals surface area contributed by atoms with E-state index in [1.54, 1.807) is 17.1 Å². The second-order valence-corrected chi connectivity index (χ2v) is 7.23. The molecule has 0 bridgehead atoms. The molecule has 7 nitrogen and oxygen atoms in total. The molecule has 142 valence electrons. The number of nitrogens with one attached hydrogen (secondary N) is 1. The van der Waals surface area contributed by atoms with Crippen LogP contribution in [-0.4, -0.2) is 36.8 Å². The minimum Gasteiger partial charge on any atom is -0.349 e. The molecule has 4 rings (SSSR count). The van der Waals surface area contributed by atoms with E-state index in [-0.39, 0.29) is 23.8 Å². The number of amides is 1. The van der Waals surface area contributed by atoms with E-state index in [2.05, 4.69) is 36.4 Å². The van der Waals surface area contributed by atoms with Gasteiger partial charge in [0.25, 0.3) is 5.91 Å². The van der Waals surface area contributed by atoms with E-state index in [0.717, 1.165) is 23.4 Å². The van der Waals surface area contributed by atoms with Gasteiger partial charge in [-0.05, 0) is 34.8 Å². The summed E-state index contributed by atoms with van der Waals surface area (Å²) in [5.74, 6) is -0.510. The molecule has 1 aliphatic carbocycles. The van der Waals surface area contributed by atoms with Crippen molar-refractivity contribution in [2.24, 2.45) is 0 Å². The van der Waals surface area contributed by atoms with E-state index in [1.807, 2.05) is 0 Å². The summed E-state index contributed by atoms with van der Waals surface area (Å²) in [6.07, 6.45) is 0.427. The molecule has 1 saturated carbocycles. The Morgan fingerprint density at radius 3 is 2.74 bits per heavy atom. The lowest BCUT2D eigenvalue weighted by Crippen LogP contribution is -2.27. The smallest absolute Gasteiger partial charge is 0.349 e. The van der Waals surface area contributed by atoms with Gasteiger partial charge in [-0.15, -0.1) is 0 Å². The van der Waals surface area contributed by atoms with Gasteiger partial charge in [-0.25, -0.2) is 9.50 Å². The Morgan fingerprint density at radius 1 is 1.33 bits per heavy atom. The SMILES string of the molecule is O=C(NCCn1cc(Br)cn1)c1cc2nc(C3CC3)cc(C(F)(F)F)n2n1. The fourth-order valence-electron chi connectivity index (χ4n) is 2.73. The second kappa shape index (κ2) is 6.63. The van der Waals surface area contributed by atoms with Crippen LogP contribution in [0.15, 0.2) is 29.0 Å². The summed E-state index contributed by atoms with van der Waals surface area (Å²) < 4.78 is 43.3. The van der Waals surface area contributed by atoms with Crippen LogP contribution in [0.3, 0.4) is 0 Å². The average molecular weight is 443 g/mol. The van der Waals surface area contributed by atoms with Crippen LogP contribution in [0.4, 0.5) is 13.2 Å². The number of hydrogen-bond donors (Lipinski definition) is 1. The monoisotopic (exact) mass is 442 g/mol. The van der Waals surface area contributed by atoms with Crippen molar-refractivity contribution in [1.29, 1.82) is 0 Å². The lowest BCUT2D eigenvalue weighted by Gasteiger charge is -2.10. The maximum Gasteiger partial charge on any atom is 0.433 e. The van der Waals surface area contributed by atoms with Crippen LogP contribution in [-0.2, 0) is 12.7 Å². The van der Waals surface area contributed by atoms with Gasteiger partial charge >= 0.3 is 6.18 Å². The summed E-state index contributed by atoms with van der Waals surface area (Å²) in [4.78, 5) is 16.5. The third-order valence-electron chi connectivity index (χ3n) is 4.19. The topological polar surface area (TPSA) is 77.1 Å². The average Bonchev–Trinajstić information content (AvgIpc) is 3.23. The van der Waals surface area contributed by atoms with Gasteiger partial charge in [0.05, 0.1) is 17.2 Å². The van der Waals surface area contributed by atoms with E-state index in [4.69, 9.17) is 0 Å². The first-order valence-corrected chi connectivity index (χ1v) is 9.04. The van der Waals surface area contributed by atoms with Crippen molar-refractivity contribution >= 4 is 27.5 Å². The van der Waals surface area contributed by atoms with Gasteiger partial charge in [0, 0.05) is 30.4 Å². The van der Waals surface area contributed by atoms with Crippen LogP contribution in [0.25, 0.3) is 5.65 Å². The Labute approximate surface area is 159 Å². The molecule has 0 saturated heterocycles. The minimum absolute atomic E-state index is 0.0212. The predicted molar refractivity (Wildman–Crippen MR) is 92.2 cm³/mol. The van der Waals surface area contributed by atoms with Gasteiger partial charge in [-0.1, -0.05) is 0 Å². The number of rotatable bonds is 5. The quantitative estimate of drug-likeness (QED) is 0.658. The molecule has 0 aliphatic heterocycles. The van der Waals surface area contributed by atoms with E-state index in [1.165, 1.54) is 6.07 Å². The number of nitrogens with zero attached hydrogens (tertiary/aromatic N) is 5. The fraction of sp³-hybridized carbons (Fsp3) is 0.375. The van der Waals surface area contributed by atoms with Gasteiger partial charge in [-0.3, -0.25) is 9.48 Å². The van der Waals surface area contributed by atoms with E-state index < -0.39 is 17.8 Å². The van der Waals surface area contributed by atoms with Crippen molar-refractivity contribution in [2.75, 3.05) is 6.54 Å². The number of fused-ring (bicyclic) bond motifs is 1. The largest absolute Gasteiger partial charge is 0.433 e. The number of alkyl halides is 3. The molecule has 0 unspecified atom stereocenters. The second-order valence-electron chi connectivity index (χ2n) is 6.32. The predicted octanol–water partition coefficient (Wildman–Crippen LogP) is 3.01. The molecule has 11 heteroatoms. The maximum absolute atomic E-state index is 13.4. The van der Waals surface area contributed by atoms with Crippen molar-refractivity contribution in [3.8, 4) is 0 Å². The van der Waals surface area contributed by atoms with Crippen LogP contribution in [0.1, 0.15) is 40.6 Å². The van der Waals surface area contributed by atoms with Gasteiger partial charge < -0.3 is 5.32 Å². The van der Waals surface area contributed by atoms with Gasteiger partial charge in [0.15, 0.2) is 11.3 Å². The molecule has 0 aromatic carbocycles. The van der Waals surface area contributed by atoms with Crippen LogP contribution in [0.2, 0.25) is 0 Å². The fourth-order valence-corrected chi connectivity index (χ4v) is 3.06. The first-order chi connectivity index (χ1) is 12.8. The minimum atomic E-state index is -4.59. The normalized spacial score (nSPS) is 14.7. The van der Waals surface area contributed by atoms with Gasteiger partial charge in [-0.2, -0.15) is 23.4 Å². The highest BCUT2D eigenvalue weighted by Gasteiger charge is 2.37. The lowest BCUT2D eigenvalue weighted by atomic mass is 10.2. The molecule has 0 radical (unpaired) electrons. The van der Waals surface area contributed by atoms with Crippen LogP contribution >= 0.6 is 15.9 Å². The Kier molecular flexibility index (Phi) is 4.41.